The van der Waals surface area contributed by atoms with Crippen molar-refractivity contribution in [2.45, 2.75) is 27.2 Å². The highest BCUT2D eigenvalue weighted by Gasteiger charge is 1.97. The van der Waals surface area contributed by atoms with Gasteiger partial charge in [0.2, 0.25) is 0 Å². The van der Waals surface area contributed by atoms with Crippen LogP contribution in [0.2, 0.25) is 0 Å². The lowest BCUT2D eigenvalue weighted by atomic mass is 10.3. The van der Waals surface area contributed by atoms with Crippen molar-refractivity contribution in [2.75, 3.05) is 0 Å². The van der Waals surface area contributed by atoms with Gasteiger partial charge in [-0.1, -0.05) is 19.1 Å². The number of aryl methyl sites for hydroxylation is 2. The fourth-order valence-corrected chi connectivity index (χ4v) is 1.14. The molecule has 0 aliphatic rings. The topological polar surface area (TPSA) is 28.7 Å². The van der Waals surface area contributed by atoms with Crippen LogP contribution in [0.15, 0.2) is 0 Å². The number of hydrogen-bond donors (Lipinski definition) is 1. The van der Waals surface area contributed by atoms with E-state index in [1.165, 1.54) is 0 Å². The van der Waals surface area contributed by atoms with E-state index in [4.69, 9.17) is 12.2 Å². The lowest BCUT2D eigenvalue weighted by molar-refractivity contribution is 0.897. The lowest BCUT2D eigenvalue weighted by Gasteiger charge is -2.02. The van der Waals surface area contributed by atoms with Crippen molar-refractivity contribution in [3.8, 4) is 0 Å². The summed E-state index contributed by atoms with van der Waals surface area (Å²) in [5.74, 6) is 0.970. The Hall–Kier alpha value is -0.700. The van der Waals surface area contributed by atoms with Gasteiger partial charge in [-0.25, -0.2) is 4.98 Å². The van der Waals surface area contributed by atoms with Crippen molar-refractivity contribution in [1.29, 1.82) is 0 Å². The van der Waals surface area contributed by atoms with Gasteiger partial charge in [0.1, 0.15) is 10.5 Å². The fourth-order valence-electron chi connectivity index (χ4n) is 0.872. The van der Waals surface area contributed by atoms with E-state index in [0.29, 0.717) is 0 Å². The average Bonchev–Trinajstić information content (AvgIpc) is 1.99. The maximum Gasteiger partial charge on any atom is 0.132 e. The van der Waals surface area contributed by atoms with Crippen LogP contribution in [-0.4, -0.2) is 9.97 Å². The highest BCUT2D eigenvalue weighted by atomic mass is 32.1. The normalized spacial score (nSPS) is 10.1. The van der Waals surface area contributed by atoms with E-state index >= 15 is 0 Å². The molecule has 0 radical (unpaired) electrons. The fraction of sp³-hybridized carbons (Fsp3) is 0.500. The van der Waals surface area contributed by atoms with Crippen LogP contribution in [0.5, 0.6) is 0 Å². The van der Waals surface area contributed by atoms with Gasteiger partial charge in [-0.15, -0.1) is 0 Å². The number of aromatic nitrogens is 2. The Morgan fingerprint density at radius 3 is 2.55 bits per heavy atom. The van der Waals surface area contributed by atoms with Gasteiger partial charge >= 0.3 is 0 Å². The summed E-state index contributed by atoms with van der Waals surface area (Å²) in [7, 11) is 0. The maximum absolute atomic E-state index is 5.06. The quantitative estimate of drug-likeness (QED) is 0.652. The predicted octanol–water partition coefficient (Wildman–Crippen LogP) is 2.32. The van der Waals surface area contributed by atoms with E-state index in [0.717, 1.165) is 28.1 Å². The van der Waals surface area contributed by atoms with Crippen LogP contribution in [0, 0.1) is 18.5 Å². The molecular weight excluding hydrogens is 156 g/mol. The van der Waals surface area contributed by atoms with Gasteiger partial charge in [-0.2, -0.15) is 0 Å². The summed E-state index contributed by atoms with van der Waals surface area (Å²) in [4.78, 5) is 7.40. The zero-order valence-corrected chi connectivity index (χ0v) is 7.88. The summed E-state index contributed by atoms with van der Waals surface area (Å²) in [6.45, 7) is 6.06. The summed E-state index contributed by atoms with van der Waals surface area (Å²) in [6, 6.07) is 0. The molecule has 0 saturated carbocycles. The third kappa shape index (κ3) is 1.66. The molecule has 3 heteroatoms. The van der Waals surface area contributed by atoms with Crippen LogP contribution in [0.3, 0.4) is 0 Å². The smallest absolute Gasteiger partial charge is 0.132 e. The zero-order chi connectivity index (χ0) is 8.43. The van der Waals surface area contributed by atoms with E-state index in [1.54, 1.807) is 0 Å². The van der Waals surface area contributed by atoms with Crippen LogP contribution in [0.1, 0.15) is 24.0 Å². The minimum absolute atomic E-state index is 0.720. The molecule has 1 aromatic rings. The second-order valence-corrected chi connectivity index (χ2v) is 2.98. The molecule has 1 heterocycles. The van der Waals surface area contributed by atoms with E-state index in [2.05, 4.69) is 16.9 Å². The number of nitrogens with zero attached hydrogens (tertiary/aromatic N) is 1. The molecule has 0 saturated heterocycles. The molecule has 0 fully saturated rings. The standard InChI is InChI=1S/C8H12N2S/c1-4-7-9-6(3)5(2)8(11)10-7/h4H2,1-3H3,(H,9,10,11). The largest absolute Gasteiger partial charge is 0.347 e. The Labute approximate surface area is 71.7 Å². The van der Waals surface area contributed by atoms with Crippen LogP contribution < -0.4 is 0 Å². The minimum atomic E-state index is 0.720. The SMILES string of the molecule is CCc1nc(=S)c(C)c(C)[nH]1. The Bertz CT molecular complexity index is 314. The van der Waals surface area contributed by atoms with Gasteiger partial charge in [0.25, 0.3) is 0 Å². The Balaban J connectivity index is 3.32. The van der Waals surface area contributed by atoms with Crippen LogP contribution in [0.25, 0.3) is 0 Å². The molecule has 0 atom stereocenters. The second kappa shape index (κ2) is 3.13. The first-order chi connectivity index (χ1) is 5.15. The Morgan fingerprint density at radius 2 is 2.09 bits per heavy atom. The first-order valence-corrected chi connectivity index (χ1v) is 4.12. The second-order valence-electron chi connectivity index (χ2n) is 2.59. The average molecular weight is 168 g/mol. The first-order valence-electron chi connectivity index (χ1n) is 3.71. The number of hydrogen-bond acceptors (Lipinski definition) is 2. The number of aromatic amines is 1. The molecule has 0 spiro atoms. The highest BCUT2D eigenvalue weighted by Crippen LogP contribution is 2.04. The van der Waals surface area contributed by atoms with Gasteiger partial charge in [0.15, 0.2) is 0 Å². The lowest BCUT2D eigenvalue weighted by Crippen LogP contribution is -1.98. The first kappa shape index (κ1) is 8.40. The molecule has 0 aliphatic heterocycles. The van der Waals surface area contributed by atoms with E-state index in [9.17, 15) is 0 Å². The van der Waals surface area contributed by atoms with Crippen molar-refractivity contribution < 1.29 is 0 Å². The van der Waals surface area contributed by atoms with Crippen LogP contribution in [0.4, 0.5) is 0 Å². The number of nitrogens with one attached hydrogen (secondary N) is 1. The van der Waals surface area contributed by atoms with E-state index < -0.39 is 0 Å². The summed E-state index contributed by atoms with van der Waals surface area (Å²) >= 11 is 5.06. The molecular formula is C8H12N2S. The maximum atomic E-state index is 5.06. The summed E-state index contributed by atoms with van der Waals surface area (Å²) in [5.41, 5.74) is 2.21. The van der Waals surface area contributed by atoms with Crippen molar-refractivity contribution in [3.63, 3.8) is 0 Å². The molecule has 1 aromatic heterocycles. The predicted molar refractivity (Wildman–Crippen MR) is 48.3 cm³/mol. The molecule has 0 amide bonds. The summed E-state index contributed by atoms with van der Waals surface area (Å²) in [5, 5.41) is 0. The van der Waals surface area contributed by atoms with Crippen LogP contribution >= 0.6 is 12.2 Å². The molecule has 0 unspecified atom stereocenters. The van der Waals surface area contributed by atoms with Crippen molar-refractivity contribution in [1.82, 2.24) is 9.97 Å². The van der Waals surface area contributed by atoms with Gasteiger partial charge in [-0.05, 0) is 13.8 Å². The van der Waals surface area contributed by atoms with Gasteiger partial charge in [0.05, 0.1) is 0 Å². The Kier molecular flexibility index (Phi) is 2.39. The van der Waals surface area contributed by atoms with Crippen molar-refractivity contribution >= 4 is 12.2 Å². The molecule has 1 N–H and O–H groups in total. The molecule has 2 nitrogen and oxygen atoms in total. The van der Waals surface area contributed by atoms with E-state index in [-0.39, 0.29) is 0 Å². The van der Waals surface area contributed by atoms with Gasteiger partial charge in [-0.3, -0.25) is 0 Å². The van der Waals surface area contributed by atoms with Crippen LogP contribution in [-0.2, 0) is 6.42 Å². The third-order valence-corrected chi connectivity index (χ3v) is 2.18. The van der Waals surface area contributed by atoms with Gasteiger partial charge in [0, 0.05) is 17.7 Å². The zero-order valence-electron chi connectivity index (χ0n) is 7.06. The monoisotopic (exact) mass is 168 g/mol. The minimum Gasteiger partial charge on any atom is -0.347 e. The molecule has 0 aromatic carbocycles. The molecule has 1 rings (SSSR count). The summed E-state index contributed by atoms with van der Waals surface area (Å²) < 4.78 is 0.720. The number of rotatable bonds is 1. The van der Waals surface area contributed by atoms with Gasteiger partial charge < -0.3 is 4.98 Å². The third-order valence-electron chi connectivity index (χ3n) is 1.79. The van der Waals surface area contributed by atoms with E-state index in [1.807, 2.05) is 13.8 Å². The number of H-pyrrole nitrogens is 1. The molecule has 11 heavy (non-hydrogen) atoms. The molecule has 60 valence electrons. The van der Waals surface area contributed by atoms with Crippen molar-refractivity contribution in [2.24, 2.45) is 0 Å². The molecule has 0 bridgehead atoms. The van der Waals surface area contributed by atoms with Crippen molar-refractivity contribution in [3.05, 3.63) is 21.7 Å². The Morgan fingerprint density at radius 1 is 1.45 bits per heavy atom. The molecule has 0 aliphatic carbocycles. The summed E-state index contributed by atoms with van der Waals surface area (Å²) in [6.07, 6.45) is 0.908. The highest BCUT2D eigenvalue weighted by molar-refractivity contribution is 7.71.